The summed E-state index contributed by atoms with van der Waals surface area (Å²) in [6, 6.07) is 0. The minimum absolute atomic E-state index is 0.111. The van der Waals surface area contributed by atoms with Crippen LogP contribution in [0.5, 0.6) is 0 Å². The summed E-state index contributed by atoms with van der Waals surface area (Å²) in [7, 11) is 0. The Morgan fingerprint density at radius 3 is 2.94 bits per heavy atom. The van der Waals surface area contributed by atoms with E-state index in [4.69, 9.17) is 11.6 Å². The molecule has 0 N–H and O–H groups in total. The molecule has 2 aromatic heterocycles. The molecular formula is C10H14ClN5. The maximum atomic E-state index is 5.92. The molecule has 1 unspecified atom stereocenters. The van der Waals surface area contributed by atoms with Gasteiger partial charge in [-0.05, 0) is 13.8 Å². The highest BCUT2D eigenvalue weighted by atomic mass is 35.5. The van der Waals surface area contributed by atoms with Crippen molar-refractivity contribution < 1.29 is 0 Å². The van der Waals surface area contributed by atoms with Gasteiger partial charge in [-0.25, -0.2) is 9.67 Å². The summed E-state index contributed by atoms with van der Waals surface area (Å²) in [4.78, 5) is 4.28. The van der Waals surface area contributed by atoms with Gasteiger partial charge in [0.1, 0.15) is 18.1 Å². The number of aryl methyl sites for hydroxylation is 1. The number of imidazole rings is 1. The van der Waals surface area contributed by atoms with E-state index in [1.54, 1.807) is 10.9 Å². The van der Waals surface area contributed by atoms with Crippen LogP contribution in [-0.4, -0.2) is 24.5 Å². The molecule has 0 saturated heterocycles. The fourth-order valence-corrected chi connectivity index (χ4v) is 1.60. The molecule has 0 amide bonds. The van der Waals surface area contributed by atoms with Crippen LogP contribution in [0.2, 0.25) is 0 Å². The van der Waals surface area contributed by atoms with Crippen molar-refractivity contribution in [1.29, 1.82) is 0 Å². The van der Waals surface area contributed by atoms with E-state index in [9.17, 15) is 0 Å². The first-order valence-corrected chi connectivity index (χ1v) is 5.68. The minimum atomic E-state index is -0.111. The molecule has 0 aromatic carbocycles. The molecule has 0 radical (unpaired) electrons. The molecule has 0 saturated carbocycles. The van der Waals surface area contributed by atoms with E-state index >= 15 is 0 Å². The molecule has 2 aromatic rings. The summed E-state index contributed by atoms with van der Waals surface area (Å²) in [6.45, 7) is 5.49. The van der Waals surface area contributed by atoms with Crippen LogP contribution in [0.25, 0.3) is 0 Å². The molecule has 1 atom stereocenters. The Morgan fingerprint density at radius 1 is 1.50 bits per heavy atom. The number of nitrogens with zero attached hydrogens (tertiary/aromatic N) is 5. The summed E-state index contributed by atoms with van der Waals surface area (Å²) in [6.07, 6.45) is 5.60. The molecule has 86 valence electrons. The van der Waals surface area contributed by atoms with Crippen molar-refractivity contribution in [1.82, 2.24) is 24.5 Å². The maximum Gasteiger partial charge on any atom is 0.130 e. The SMILES string of the molecule is CCn1ccnc1Cn1cc(C(C)Cl)nn1. The predicted octanol–water partition coefficient (Wildman–Crippen LogP) is 1.84. The second-order valence-corrected chi connectivity index (χ2v) is 4.24. The van der Waals surface area contributed by atoms with Gasteiger partial charge < -0.3 is 4.57 Å². The molecule has 16 heavy (non-hydrogen) atoms. The fraction of sp³-hybridized carbons (Fsp3) is 0.500. The summed E-state index contributed by atoms with van der Waals surface area (Å²) in [5, 5.41) is 7.90. The number of hydrogen-bond acceptors (Lipinski definition) is 3. The van der Waals surface area contributed by atoms with Gasteiger partial charge in [-0.15, -0.1) is 16.7 Å². The van der Waals surface area contributed by atoms with E-state index in [-0.39, 0.29) is 5.38 Å². The van der Waals surface area contributed by atoms with E-state index in [0.29, 0.717) is 6.54 Å². The van der Waals surface area contributed by atoms with Gasteiger partial charge in [0.25, 0.3) is 0 Å². The van der Waals surface area contributed by atoms with E-state index in [0.717, 1.165) is 18.1 Å². The van der Waals surface area contributed by atoms with Gasteiger partial charge in [-0.2, -0.15) is 0 Å². The van der Waals surface area contributed by atoms with Crippen molar-refractivity contribution >= 4 is 11.6 Å². The molecule has 0 aliphatic rings. The topological polar surface area (TPSA) is 48.5 Å². The first kappa shape index (κ1) is 11.1. The molecular weight excluding hydrogens is 226 g/mol. The third-order valence-electron chi connectivity index (χ3n) is 2.41. The number of hydrogen-bond donors (Lipinski definition) is 0. The molecule has 2 rings (SSSR count). The van der Waals surface area contributed by atoms with Gasteiger partial charge in [0.05, 0.1) is 11.6 Å². The Balaban J connectivity index is 2.14. The van der Waals surface area contributed by atoms with Crippen molar-refractivity contribution in [3.8, 4) is 0 Å². The van der Waals surface area contributed by atoms with Crippen LogP contribution in [0.4, 0.5) is 0 Å². The Morgan fingerprint density at radius 2 is 2.31 bits per heavy atom. The van der Waals surface area contributed by atoms with Gasteiger partial charge in [-0.3, -0.25) is 0 Å². The zero-order valence-electron chi connectivity index (χ0n) is 9.34. The zero-order valence-corrected chi connectivity index (χ0v) is 10.1. The van der Waals surface area contributed by atoms with Gasteiger partial charge in [0.2, 0.25) is 0 Å². The molecule has 2 heterocycles. The molecule has 0 fully saturated rings. The Bertz CT molecular complexity index is 459. The second-order valence-electron chi connectivity index (χ2n) is 3.59. The standard InChI is InChI=1S/C10H14ClN5/c1-3-15-5-4-12-10(15)7-16-6-9(8(2)11)13-14-16/h4-6,8H,3,7H2,1-2H3. The van der Waals surface area contributed by atoms with Crippen LogP contribution in [0, 0.1) is 0 Å². The highest BCUT2D eigenvalue weighted by Crippen LogP contribution is 2.15. The molecule has 6 heteroatoms. The summed E-state index contributed by atoms with van der Waals surface area (Å²) in [5.41, 5.74) is 0.788. The minimum Gasteiger partial charge on any atom is -0.334 e. The largest absolute Gasteiger partial charge is 0.334 e. The van der Waals surface area contributed by atoms with Crippen LogP contribution in [0.1, 0.15) is 30.7 Å². The lowest BCUT2D eigenvalue weighted by molar-refractivity contribution is 0.588. The number of rotatable bonds is 4. The third-order valence-corrected chi connectivity index (χ3v) is 2.63. The van der Waals surface area contributed by atoms with Crippen LogP contribution in [0.15, 0.2) is 18.6 Å². The third kappa shape index (κ3) is 2.24. The molecule has 5 nitrogen and oxygen atoms in total. The smallest absolute Gasteiger partial charge is 0.130 e. The molecule has 0 bridgehead atoms. The number of alkyl halides is 1. The van der Waals surface area contributed by atoms with Crippen molar-refractivity contribution in [3.05, 3.63) is 30.1 Å². The van der Waals surface area contributed by atoms with Crippen molar-refractivity contribution in [2.45, 2.75) is 32.3 Å². The van der Waals surface area contributed by atoms with Gasteiger partial charge in [0, 0.05) is 18.9 Å². The normalized spacial score (nSPS) is 12.9. The van der Waals surface area contributed by atoms with Crippen LogP contribution >= 0.6 is 11.6 Å². The lowest BCUT2D eigenvalue weighted by Gasteiger charge is -2.03. The summed E-state index contributed by atoms with van der Waals surface area (Å²) < 4.78 is 3.83. The van der Waals surface area contributed by atoms with E-state index in [1.807, 2.05) is 19.3 Å². The number of halogens is 1. The average molecular weight is 240 g/mol. The molecule has 0 aliphatic heterocycles. The van der Waals surface area contributed by atoms with Crippen molar-refractivity contribution in [3.63, 3.8) is 0 Å². The fourth-order valence-electron chi connectivity index (χ4n) is 1.50. The molecule has 0 spiro atoms. The van der Waals surface area contributed by atoms with Crippen LogP contribution in [0.3, 0.4) is 0 Å². The predicted molar refractivity (Wildman–Crippen MR) is 61.3 cm³/mol. The maximum absolute atomic E-state index is 5.92. The zero-order chi connectivity index (χ0) is 11.5. The van der Waals surface area contributed by atoms with E-state index < -0.39 is 0 Å². The average Bonchev–Trinajstić information content (AvgIpc) is 2.87. The Kier molecular flexibility index (Phi) is 3.24. The Hall–Kier alpha value is -1.36. The lowest BCUT2D eigenvalue weighted by Crippen LogP contribution is -2.08. The van der Waals surface area contributed by atoms with Crippen LogP contribution in [-0.2, 0) is 13.1 Å². The van der Waals surface area contributed by atoms with E-state index in [1.165, 1.54) is 0 Å². The van der Waals surface area contributed by atoms with Gasteiger partial charge >= 0.3 is 0 Å². The van der Waals surface area contributed by atoms with E-state index in [2.05, 4.69) is 26.8 Å². The lowest BCUT2D eigenvalue weighted by atomic mass is 10.4. The molecule has 0 aliphatic carbocycles. The van der Waals surface area contributed by atoms with Crippen molar-refractivity contribution in [2.24, 2.45) is 0 Å². The van der Waals surface area contributed by atoms with Crippen LogP contribution < -0.4 is 0 Å². The number of aromatic nitrogens is 5. The van der Waals surface area contributed by atoms with Gasteiger partial charge in [-0.1, -0.05) is 5.21 Å². The Labute approximate surface area is 99.1 Å². The highest BCUT2D eigenvalue weighted by molar-refractivity contribution is 6.20. The summed E-state index contributed by atoms with van der Waals surface area (Å²) >= 11 is 5.92. The first-order chi connectivity index (χ1) is 7.70. The second kappa shape index (κ2) is 4.65. The first-order valence-electron chi connectivity index (χ1n) is 5.24. The quantitative estimate of drug-likeness (QED) is 0.765. The van der Waals surface area contributed by atoms with Gasteiger partial charge in [0.15, 0.2) is 0 Å². The summed E-state index contributed by atoms with van der Waals surface area (Å²) in [5.74, 6) is 0.973. The van der Waals surface area contributed by atoms with Crippen molar-refractivity contribution in [2.75, 3.05) is 0 Å². The monoisotopic (exact) mass is 239 g/mol. The highest BCUT2D eigenvalue weighted by Gasteiger charge is 2.08.